The molecule has 1 saturated carbocycles. The van der Waals surface area contributed by atoms with E-state index in [2.05, 4.69) is 56.6 Å². The highest BCUT2D eigenvalue weighted by molar-refractivity contribution is 7.07. The van der Waals surface area contributed by atoms with E-state index in [1.54, 1.807) is 11.3 Å². The van der Waals surface area contributed by atoms with Crippen molar-refractivity contribution in [2.45, 2.75) is 58.3 Å². The van der Waals surface area contributed by atoms with Crippen molar-refractivity contribution in [3.8, 4) is 0 Å². The van der Waals surface area contributed by atoms with Gasteiger partial charge in [0.05, 0.1) is 6.54 Å². The van der Waals surface area contributed by atoms with Gasteiger partial charge in [-0.05, 0) is 74.0 Å². The lowest BCUT2D eigenvalue weighted by molar-refractivity contribution is 0.181. The predicted octanol–water partition coefficient (Wildman–Crippen LogP) is 3.67. The molecule has 0 bridgehead atoms. The normalized spacial score (nSPS) is 22.6. The zero-order chi connectivity index (χ0) is 16.6. The van der Waals surface area contributed by atoms with Crippen LogP contribution in [0.25, 0.3) is 0 Å². The van der Waals surface area contributed by atoms with Crippen molar-refractivity contribution < 1.29 is 0 Å². The maximum Gasteiger partial charge on any atom is 0.123 e. The van der Waals surface area contributed by atoms with Crippen LogP contribution in [-0.4, -0.2) is 33.6 Å². The number of thiophene rings is 1. The van der Waals surface area contributed by atoms with Crippen LogP contribution in [0.3, 0.4) is 0 Å². The Balaban J connectivity index is 1.53. The third kappa shape index (κ3) is 3.17. The molecule has 0 amide bonds. The lowest BCUT2D eigenvalue weighted by atomic mass is 9.93. The lowest BCUT2D eigenvalue weighted by Crippen LogP contribution is -2.36. The van der Waals surface area contributed by atoms with E-state index in [0.29, 0.717) is 11.5 Å². The second kappa shape index (κ2) is 6.62. The Morgan fingerprint density at radius 3 is 2.92 bits per heavy atom. The molecular formula is C19H28N4S. The van der Waals surface area contributed by atoms with E-state index >= 15 is 0 Å². The molecule has 1 aliphatic heterocycles. The maximum absolute atomic E-state index is 4.66. The van der Waals surface area contributed by atoms with E-state index in [-0.39, 0.29) is 0 Å². The molecule has 0 aromatic carbocycles. The molecule has 1 N–H and O–H groups in total. The number of hydrogen-bond donors (Lipinski definition) is 1. The smallest absolute Gasteiger partial charge is 0.123 e. The fourth-order valence-corrected chi connectivity index (χ4v) is 4.98. The van der Waals surface area contributed by atoms with E-state index in [4.69, 9.17) is 0 Å². The molecule has 130 valence electrons. The fraction of sp³-hybridized carbons (Fsp3) is 0.632. The first kappa shape index (κ1) is 16.3. The van der Waals surface area contributed by atoms with Gasteiger partial charge in [-0.2, -0.15) is 11.3 Å². The van der Waals surface area contributed by atoms with Crippen LogP contribution in [-0.2, 0) is 13.1 Å². The summed E-state index contributed by atoms with van der Waals surface area (Å²) in [4.78, 5) is 7.35. The van der Waals surface area contributed by atoms with Gasteiger partial charge in [-0.1, -0.05) is 0 Å². The quantitative estimate of drug-likeness (QED) is 0.868. The van der Waals surface area contributed by atoms with E-state index in [1.165, 1.54) is 43.7 Å². The van der Waals surface area contributed by atoms with Crippen LogP contribution in [0.4, 0.5) is 0 Å². The van der Waals surface area contributed by atoms with Crippen LogP contribution in [0.1, 0.15) is 50.5 Å². The Hall–Kier alpha value is -1.17. The summed E-state index contributed by atoms with van der Waals surface area (Å²) in [7, 11) is 0. The summed E-state index contributed by atoms with van der Waals surface area (Å²) >= 11 is 1.80. The van der Waals surface area contributed by atoms with Crippen molar-refractivity contribution in [2.75, 3.05) is 13.1 Å². The largest absolute Gasteiger partial charge is 0.331 e. The van der Waals surface area contributed by atoms with E-state index in [9.17, 15) is 0 Å². The Kier molecular flexibility index (Phi) is 4.50. The molecule has 4 nitrogen and oxygen atoms in total. The molecule has 2 aliphatic rings. The topological polar surface area (TPSA) is 33.1 Å². The molecule has 2 aromatic rings. The number of rotatable bonds is 6. The van der Waals surface area contributed by atoms with Gasteiger partial charge in [0.15, 0.2) is 0 Å². The van der Waals surface area contributed by atoms with E-state index in [0.717, 1.165) is 19.1 Å². The Bertz CT molecular complexity index is 655. The highest BCUT2D eigenvalue weighted by Crippen LogP contribution is 2.56. The van der Waals surface area contributed by atoms with Gasteiger partial charge in [0, 0.05) is 31.0 Å². The van der Waals surface area contributed by atoms with Crippen molar-refractivity contribution in [3.05, 3.63) is 40.6 Å². The standard InChI is InChI=1S/C19H28N4S/c1-15(2)23-9-8-21-18(23)13-22(12-16-3-10-24-14-16)17-11-19(17)4-6-20-7-5-19/h3,8-10,14-15,17,20H,4-7,11-13H2,1-2H3/t17-/m0/s1. The van der Waals surface area contributed by atoms with E-state index in [1.807, 2.05) is 6.20 Å². The zero-order valence-corrected chi connectivity index (χ0v) is 15.6. The highest BCUT2D eigenvalue weighted by Gasteiger charge is 2.56. The van der Waals surface area contributed by atoms with Crippen molar-refractivity contribution >= 4 is 11.3 Å². The second-order valence-electron chi connectivity index (χ2n) is 7.71. The monoisotopic (exact) mass is 344 g/mol. The Labute approximate surface area is 148 Å². The molecule has 0 radical (unpaired) electrons. The third-order valence-corrected chi connectivity index (χ3v) is 6.53. The average molecular weight is 345 g/mol. The molecule has 2 fully saturated rings. The highest BCUT2D eigenvalue weighted by atomic mass is 32.1. The summed E-state index contributed by atoms with van der Waals surface area (Å²) in [5.41, 5.74) is 2.01. The van der Waals surface area contributed by atoms with Gasteiger partial charge in [-0.15, -0.1) is 0 Å². The minimum atomic E-state index is 0.470. The van der Waals surface area contributed by atoms with Crippen LogP contribution in [0.5, 0.6) is 0 Å². The Morgan fingerprint density at radius 1 is 1.38 bits per heavy atom. The molecule has 0 unspecified atom stereocenters. The van der Waals surface area contributed by atoms with Gasteiger partial charge >= 0.3 is 0 Å². The first-order chi connectivity index (χ1) is 11.7. The first-order valence-electron chi connectivity index (χ1n) is 9.15. The van der Waals surface area contributed by atoms with Gasteiger partial charge < -0.3 is 9.88 Å². The van der Waals surface area contributed by atoms with E-state index < -0.39 is 0 Å². The lowest BCUT2D eigenvalue weighted by Gasteiger charge is -2.29. The SMILES string of the molecule is CC(C)n1ccnc1CN(Cc1ccsc1)[C@H]1CC12CCNCC2. The summed E-state index contributed by atoms with van der Waals surface area (Å²) in [5, 5.41) is 8.00. The van der Waals surface area contributed by atoms with Gasteiger partial charge in [0.25, 0.3) is 0 Å². The predicted molar refractivity (Wildman–Crippen MR) is 99.1 cm³/mol. The number of aromatic nitrogens is 2. The van der Waals surface area contributed by atoms with Crippen LogP contribution < -0.4 is 5.32 Å². The van der Waals surface area contributed by atoms with Crippen molar-refractivity contribution in [3.63, 3.8) is 0 Å². The molecule has 5 heteroatoms. The molecule has 2 aromatic heterocycles. The number of hydrogen-bond acceptors (Lipinski definition) is 4. The summed E-state index contributed by atoms with van der Waals surface area (Å²) in [6.07, 6.45) is 8.09. The van der Waals surface area contributed by atoms with Crippen molar-refractivity contribution in [1.29, 1.82) is 0 Å². The van der Waals surface area contributed by atoms with Gasteiger partial charge in [-0.25, -0.2) is 4.98 Å². The van der Waals surface area contributed by atoms with Gasteiger partial charge in [-0.3, -0.25) is 4.90 Å². The molecule has 1 aliphatic carbocycles. The number of nitrogens with one attached hydrogen (secondary N) is 1. The summed E-state index contributed by atoms with van der Waals surface area (Å²) in [6.45, 7) is 8.85. The molecule has 4 rings (SSSR count). The second-order valence-corrected chi connectivity index (χ2v) is 8.49. The molecule has 1 atom stereocenters. The third-order valence-electron chi connectivity index (χ3n) is 5.80. The molecule has 24 heavy (non-hydrogen) atoms. The zero-order valence-electron chi connectivity index (χ0n) is 14.7. The molecule has 1 spiro atoms. The summed E-state index contributed by atoms with van der Waals surface area (Å²) in [6, 6.07) is 3.46. The number of imidazole rings is 1. The molecular weight excluding hydrogens is 316 g/mol. The van der Waals surface area contributed by atoms with Crippen LogP contribution in [0.2, 0.25) is 0 Å². The minimum Gasteiger partial charge on any atom is -0.331 e. The summed E-state index contributed by atoms with van der Waals surface area (Å²) in [5.74, 6) is 1.20. The van der Waals surface area contributed by atoms with Crippen LogP contribution in [0.15, 0.2) is 29.2 Å². The average Bonchev–Trinajstić information content (AvgIpc) is 2.99. The molecule has 1 saturated heterocycles. The minimum absolute atomic E-state index is 0.470. The Morgan fingerprint density at radius 2 is 2.21 bits per heavy atom. The van der Waals surface area contributed by atoms with Gasteiger partial charge in [0.1, 0.15) is 5.82 Å². The maximum atomic E-state index is 4.66. The van der Waals surface area contributed by atoms with Crippen LogP contribution in [0, 0.1) is 5.41 Å². The fourth-order valence-electron chi connectivity index (χ4n) is 4.32. The van der Waals surface area contributed by atoms with Crippen LogP contribution >= 0.6 is 11.3 Å². The first-order valence-corrected chi connectivity index (χ1v) is 10.1. The van der Waals surface area contributed by atoms with Crippen molar-refractivity contribution in [2.24, 2.45) is 5.41 Å². The number of piperidine rings is 1. The number of nitrogens with zero attached hydrogens (tertiary/aromatic N) is 3. The van der Waals surface area contributed by atoms with Gasteiger partial charge in [0.2, 0.25) is 0 Å². The molecule has 3 heterocycles. The van der Waals surface area contributed by atoms with Crippen molar-refractivity contribution in [1.82, 2.24) is 19.8 Å². The summed E-state index contributed by atoms with van der Waals surface area (Å²) < 4.78 is 2.32.